The van der Waals surface area contributed by atoms with Gasteiger partial charge in [-0.25, -0.2) is 4.98 Å². The molecule has 0 saturated heterocycles. The van der Waals surface area contributed by atoms with E-state index in [1.807, 2.05) is 6.07 Å². The molecule has 1 aromatic heterocycles. The molecule has 140 valence electrons. The van der Waals surface area contributed by atoms with Crippen molar-refractivity contribution in [2.24, 2.45) is 0 Å². The van der Waals surface area contributed by atoms with Crippen LogP contribution in [0.25, 0.3) is 10.9 Å². The third-order valence-electron chi connectivity index (χ3n) is 4.64. The molecule has 1 heterocycles. The van der Waals surface area contributed by atoms with E-state index in [2.05, 4.69) is 59.1 Å². The van der Waals surface area contributed by atoms with Crippen LogP contribution in [0.1, 0.15) is 22.3 Å². The molecule has 0 fully saturated rings. The first-order valence-corrected chi connectivity index (χ1v) is 9.62. The summed E-state index contributed by atoms with van der Waals surface area (Å²) in [5, 5.41) is 3.39. The lowest BCUT2D eigenvalue weighted by Gasteiger charge is -2.12. The number of halogens is 1. The quantitative estimate of drug-likeness (QED) is 0.677. The van der Waals surface area contributed by atoms with Crippen molar-refractivity contribution < 1.29 is 4.79 Å². The summed E-state index contributed by atoms with van der Waals surface area (Å²) in [6, 6.07) is 9.64. The Morgan fingerprint density at radius 3 is 2.56 bits per heavy atom. The van der Waals surface area contributed by atoms with Crippen molar-refractivity contribution >= 4 is 32.7 Å². The average molecular weight is 428 g/mol. The number of aromatic nitrogens is 2. The van der Waals surface area contributed by atoms with Gasteiger partial charge in [0.25, 0.3) is 5.56 Å². The van der Waals surface area contributed by atoms with Crippen LogP contribution in [0.15, 0.2) is 45.9 Å². The minimum atomic E-state index is -0.221. The molecule has 0 saturated carbocycles. The highest BCUT2D eigenvalue weighted by atomic mass is 79.9. The number of nitrogens with zero attached hydrogens (tertiary/aromatic N) is 2. The summed E-state index contributed by atoms with van der Waals surface area (Å²) in [5.74, 6) is -0.198. The van der Waals surface area contributed by atoms with E-state index in [1.165, 1.54) is 33.1 Å². The van der Waals surface area contributed by atoms with Gasteiger partial charge in [0.15, 0.2) is 0 Å². The normalized spacial score (nSPS) is 11.0. The molecule has 6 heteroatoms. The Kier molecular flexibility index (Phi) is 5.75. The van der Waals surface area contributed by atoms with Crippen molar-refractivity contribution in [3.8, 4) is 0 Å². The van der Waals surface area contributed by atoms with Gasteiger partial charge in [0.05, 0.1) is 17.2 Å². The van der Waals surface area contributed by atoms with Crippen LogP contribution in [0.2, 0.25) is 0 Å². The van der Waals surface area contributed by atoms with E-state index in [0.717, 1.165) is 10.9 Å². The standard InChI is InChI=1S/C21H22BrN3O2/c1-13-8-14(2)17(15(3)9-13)6-7-23-20(26)11-25-12-24-19-5-4-16(22)10-18(19)21(25)27/h4-5,8-10,12H,6-7,11H2,1-3H3,(H,23,26). The van der Waals surface area contributed by atoms with Crippen LogP contribution < -0.4 is 10.9 Å². The number of amides is 1. The second-order valence-electron chi connectivity index (χ2n) is 6.82. The van der Waals surface area contributed by atoms with Gasteiger partial charge < -0.3 is 5.32 Å². The van der Waals surface area contributed by atoms with E-state index in [-0.39, 0.29) is 18.0 Å². The van der Waals surface area contributed by atoms with Crippen molar-refractivity contribution in [3.63, 3.8) is 0 Å². The van der Waals surface area contributed by atoms with Crippen LogP contribution in [0.3, 0.4) is 0 Å². The summed E-state index contributed by atoms with van der Waals surface area (Å²) in [5.41, 5.74) is 5.37. The molecule has 0 aliphatic carbocycles. The van der Waals surface area contributed by atoms with Crippen molar-refractivity contribution in [2.75, 3.05) is 6.54 Å². The van der Waals surface area contributed by atoms with Gasteiger partial charge in [-0.05, 0) is 62.1 Å². The van der Waals surface area contributed by atoms with E-state index in [4.69, 9.17) is 0 Å². The Balaban J connectivity index is 1.66. The molecule has 3 aromatic rings. The summed E-state index contributed by atoms with van der Waals surface area (Å²) in [4.78, 5) is 29.1. The second-order valence-corrected chi connectivity index (χ2v) is 7.73. The fraction of sp³-hybridized carbons (Fsp3) is 0.286. The molecular weight excluding hydrogens is 406 g/mol. The molecule has 27 heavy (non-hydrogen) atoms. The molecule has 2 aromatic carbocycles. The highest BCUT2D eigenvalue weighted by molar-refractivity contribution is 9.10. The molecule has 5 nitrogen and oxygen atoms in total. The van der Waals surface area contributed by atoms with Gasteiger partial charge in [-0.15, -0.1) is 0 Å². The summed E-state index contributed by atoms with van der Waals surface area (Å²) in [6.45, 7) is 6.76. The van der Waals surface area contributed by atoms with Crippen LogP contribution in [-0.4, -0.2) is 22.0 Å². The van der Waals surface area contributed by atoms with Crippen LogP contribution >= 0.6 is 15.9 Å². The predicted molar refractivity (Wildman–Crippen MR) is 111 cm³/mol. The maximum Gasteiger partial charge on any atom is 0.261 e. The highest BCUT2D eigenvalue weighted by Crippen LogP contribution is 2.17. The van der Waals surface area contributed by atoms with E-state index in [9.17, 15) is 9.59 Å². The zero-order valence-electron chi connectivity index (χ0n) is 15.7. The topological polar surface area (TPSA) is 64.0 Å². The lowest BCUT2D eigenvalue weighted by atomic mass is 9.97. The van der Waals surface area contributed by atoms with E-state index in [0.29, 0.717) is 17.4 Å². The number of fused-ring (bicyclic) bond motifs is 1. The minimum Gasteiger partial charge on any atom is -0.354 e. The fourth-order valence-electron chi connectivity index (χ4n) is 3.39. The highest BCUT2D eigenvalue weighted by Gasteiger charge is 2.09. The van der Waals surface area contributed by atoms with E-state index >= 15 is 0 Å². The van der Waals surface area contributed by atoms with Crippen LogP contribution in [0, 0.1) is 20.8 Å². The molecule has 1 N–H and O–H groups in total. The summed E-state index contributed by atoms with van der Waals surface area (Å²) in [7, 11) is 0. The largest absolute Gasteiger partial charge is 0.354 e. The lowest BCUT2D eigenvalue weighted by Crippen LogP contribution is -2.33. The number of nitrogens with one attached hydrogen (secondary N) is 1. The zero-order chi connectivity index (χ0) is 19.6. The smallest absolute Gasteiger partial charge is 0.261 e. The Morgan fingerprint density at radius 2 is 1.85 bits per heavy atom. The first kappa shape index (κ1) is 19.3. The molecule has 0 atom stereocenters. The first-order valence-electron chi connectivity index (χ1n) is 8.83. The molecule has 0 bridgehead atoms. The first-order chi connectivity index (χ1) is 12.8. The monoisotopic (exact) mass is 427 g/mol. The number of rotatable bonds is 5. The summed E-state index contributed by atoms with van der Waals surface area (Å²) >= 11 is 3.36. The van der Waals surface area contributed by atoms with Gasteiger partial charge in [-0.2, -0.15) is 0 Å². The van der Waals surface area contributed by atoms with Gasteiger partial charge in [0, 0.05) is 11.0 Å². The number of aryl methyl sites for hydroxylation is 3. The Bertz CT molecular complexity index is 1050. The molecule has 0 unspecified atom stereocenters. The number of hydrogen-bond acceptors (Lipinski definition) is 3. The van der Waals surface area contributed by atoms with Crippen LogP contribution in [-0.2, 0) is 17.8 Å². The lowest BCUT2D eigenvalue weighted by molar-refractivity contribution is -0.121. The SMILES string of the molecule is Cc1cc(C)c(CCNC(=O)Cn2cnc3ccc(Br)cc3c2=O)c(C)c1. The van der Waals surface area contributed by atoms with E-state index in [1.54, 1.807) is 12.1 Å². The Morgan fingerprint density at radius 1 is 1.15 bits per heavy atom. The van der Waals surface area contributed by atoms with Crippen molar-refractivity contribution in [2.45, 2.75) is 33.7 Å². The molecule has 0 aliphatic heterocycles. The van der Waals surface area contributed by atoms with Gasteiger partial charge >= 0.3 is 0 Å². The van der Waals surface area contributed by atoms with Gasteiger partial charge in [0.2, 0.25) is 5.91 Å². The molecule has 3 rings (SSSR count). The van der Waals surface area contributed by atoms with Crippen molar-refractivity contribution in [1.29, 1.82) is 0 Å². The van der Waals surface area contributed by atoms with Crippen molar-refractivity contribution in [1.82, 2.24) is 14.9 Å². The Hall–Kier alpha value is -2.47. The van der Waals surface area contributed by atoms with Crippen LogP contribution in [0.5, 0.6) is 0 Å². The van der Waals surface area contributed by atoms with Gasteiger partial charge in [0.1, 0.15) is 6.54 Å². The third kappa shape index (κ3) is 4.45. The maximum atomic E-state index is 12.6. The summed E-state index contributed by atoms with van der Waals surface area (Å²) in [6.07, 6.45) is 2.19. The Labute approximate surface area is 166 Å². The molecule has 0 spiro atoms. The average Bonchev–Trinajstić information content (AvgIpc) is 2.60. The van der Waals surface area contributed by atoms with Crippen LogP contribution in [0.4, 0.5) is 0 Å². The third-order valence-corrected chi connectivity index (χ3v) is 5.13. The molecular formula is C21H22BrN3O2. The van der Waals surface area contributed by atoms with E-state index < -0.39 is 0 Å². The number of carbonyl (C=O) groups excluding carboxylic acids is 1. The zero-order valence-corrected chi connectivity index (χ0v) is 17.3. The number of benzene rings is 2. The molecule has 0 aliphatic rings. The maximum absolute atomic E-state index is 12.6. The van der Waals surface area contributed by atoms with Gasteiger partial charge in [-0.1, -0.05) is 33.6 Å². The number of hydrogen-bond donors (Lipinski definition) is 1. The molecule has 1 amide bonds. The minimum absolute atomic E-state index is 0.0415. The summed E-state index contributed by atoms with van der Waals surface area (Å²) < 4.78 is 2.15. The predicted octanol–water partition coefficient (Wildman–Crippen LogP) is 3.44. The second kappa shape index (κ2) is 8.05. The van der Waals surface area contributed by atoms with Gasteiger partial charge in [-0.3, -0.25) is 14.2 Å². The van der Waals surface area contributed by atoms with Crippen molar-refractivity contribution in [3.05, 3.63) is 73.7 Å². The molecule has 0 radical (unpaired) electrons. The fourth-order valence-corrected chi connectivity index (χ4v) is 3.75. The number of carbonyl (C=O) groups is 1.